The lowest BCUT2D eigenvalue weighted by molar-refractivity contribution is -0.137. The van der Waals surface area contributed by atoms with E-state index in [1.165, 1.54) is 12.1 Å². The topological polar surface area (TPSA) is 40.6 Å². The van der Waals surface area contributed by atoms with Crippen molar-refractivity contribution < 1.29 is 22.8 Å². The fraction of sp³-hybridized carbons (Fsp3) is 0.579. The Kier molecular flexibility index (Phi) is 5.53. The van der Waals surface area contributed by atoms with E-state index in [4.69, 9.17) is 0 Å². The van der Waals surface area contributed by atoms with Crippen molar-refractivity contribution in [2.24, 2.45) is 5.92 Å². The molecule has 2 saturated heterocycles. The number of nitrogens with zero attached hydrogens (tertiary/aromatic N) is 2. The van der Waals surface area contributed by atoms with Crippen LogP contribution in [0.4, 0.5) is 13.2 Å². The largest absolute Gasteiger partial charge is 0.416 e. The third-order valence-corrected chi connectivity index (χ3v) is 5.26. The van der Waals surface area contributed by atoms with E-state index < -0.39 is 11.7 Å². The fourth-order valence-electron chi connectivity index (χ4n) is 3.67. The monoisotopic (exact) mass is 368 g/mol. The van der Waals surface area contributed by atoms with Crippen LogP contribution in [0.25, 0.3) is 0 Å². The van der Waals surface area contributed by atoms with E-state index in [9.17, 15) is 22.8 Å². The highest BCUT2D eigenvalue weighted by molar-refractivity contribution is 5.94. The molecule has 2 heterocycles. The summed E-state index contributed by atoms with van der Waals surface area (Å²) in [5, 5.41) is 0. The number of benzene rings is 1. The predicted molar refractivity (Wildman–Crippen MR) is 90.5 cm³/mol. The Morgan fingerprint density at radius 2 is 1.69 bits per heavy atom. The minimum atomic E-state index is -4.40. The van der Waals surface area contributed by atoms with Gasteiger partial charge < -0.3 is 9.80 Å². The summed E-state index contributed by atoms with van der Waals surface area (Å²) in [5.74, 6) is 0.374. The lowest BCUT2D eigenvalue weighted by Gasteiger charge is -2.36. The van der Waals surface area contributed by atoms with Gasteiger partial charge in [0.25, 0.3) is 5.91 Å². The maximum atomic E-state index is 12.6. The van der Waals surface area contributed by atoms with Crippen molar-refractivity contribution in [1.82, 2.24) is 9.80 Å². The molecule has 2 aliphatic rings. The molecule has 0 bridgehead atoms. The van der Waals surface area contributed by atoms with E-state index in [-0.39, 0.29) is 17.4 Å². The Morgan fingerprint density at radius 1 is 1.04 bits per heavy atom. The number of hydrogen-bond acceptors (Lipinski definition) is 2. The Balaban J connectivity index is 1.52. The highest BCUT2D eigenvalue weighted by atomic mass is 19.4. The highest BCUT2D eigenvalue weighted by Crippen LogP contribution is 2.29. The van der Waals surface area contributed by atoms with E-state index in [1.54, 1.807) is 4.90 Å². The molecule has 2 aliphatic heterocycles. The Bertz CT molecular complexity index is 650. The molecule has 0 radical (unpaired) electrons. The van der Waals surface area contributed by atoms with Crippen LogP contribution in [-0.4, -0.2) is 47.8 Å². The molecule has 0 aromatic heterocycles. The Hall–Kier alpha value is -2.05. The number of carbonyl (C=O) groups is 2. The zero-order chi connectivity index (χ0) is 18.7. The average Bonchev–Trinajstić information content (AvgIpc) is 2.63. The van der Waals surface area contributed by atoms with Gasteiger partial charge in [-0.05, 0) is 55.9 Å². The van der Waals surface area contributed by atoms with Crippen molar-refractivity contribution in [3.63, 3.8) is 0 Å². The van der Waals surface area contributed by atoms with Crippen molar-refractivity contribution in [2.45, 2.75) is 38.3 Å². The smallest absolute Gasteiger partial charge is 0.342 e. The van der Waals surface area contributed by atoms with Crippen LogP contribution in [0, 0.1) is 5.92 Å². The molecule has 1 aromatic carbocycles. The van der Waals surface area contributed by atoms with Crippen LogP contribution in [0.5, 0.6) is 0 Å². The van der Waals surface area contributed by atoms with Crippen molar-refractivity contribution >= 4 is 11.8 Å². The van der Waals surface area contributed by atoms with Gasteiger partial charge in [-0.2, -0.15) is 13.2 Å². The van der Waals surface area contributed by atoms with Crippen LogP contribution in [0.1, 0.15) is 48.0 Å². The number of hydrogen-bond donors (Lipinski definition) is 0. The van der Waals surface area contributed by atoms with Crippen molar-refractivity contribution in [3.05, 3.63) is 35.4 Å². The second-order valence-electron chi connectivity index (χ2n) is 7.11. The summed E-state index contributed by atoms with van der Waals surface area (Å²) in [4.78, 5) is 28.0. The number of rotatable bonds is 3. The third-order valence-electron chi connectivity index (χ3n) is 5.26. The maximum Gasteiger partial charge on any atom is 0.416 e. The molecular weight excluding hydrogens is 345 g/mol. The van der Waals surface area contributed by atoms with Crippen LogP contribution < -0.4 is 0 Å². The molecule has 4 nitrogen and oxygen atoms in total. The molecule has 0 spiro atoms. The first-order valence-corrected chi connectivity index (χ1v) is 9.09. The van der Waals surface area contributed by atoms with Gasteiger partial charge in [-0.3, -0.25) is 9.59 Å². The minimum Gasteiger partial charge on any atom is -0.342 e. The van der Waals surface area contributed by atoms with Crippen LogP contribution in [0.15, 0.2) is 24.3 Å². The van der Waals surface area contributed by atoms with Crippen molar-refractivity contribution in [1.29, 1.82) is 0 Å². The summed E-state index contributed by atoms with van der Waals surface area (Å²) in [6.07, 6.45) is -0.115. The number of halogens is 3. The number of alkyl halides is 3. The normalized spacial score (nSPS) is 19.7. The first kappa shape index (κ1) is 18.7. The molecule has 0 aliphatic carbocycles. The van der Waals surface area contributed by atoms with Gasteiger partial charge in [0.2, 0.25) is 5.91 Å². The number of likely N-dealkylation sites (tertiary alicyclic amines) is 2. The third kappa shape index (κ3) is 4.37. The van der Waals surface area contributed by atoms with Crippen LogP contribution in [-0.2, 0) is 11.0 Å². The molecule has 0 N–H and O–H groups in total. The van der Waals surface area contributed by atoms with E-state index in [0.717, 1.165) is 50.9 Å². The number of amides is 2. The molecule has 2 fully saturated rings. The Morgan fingerprint density at radius 3 is 2.27 bits per heavy atom. The second kappa shape index (κ2) is 7.68. The van der Waals surface area contributed by atoms with Gasteiger partial charge in [-0.1, -0.05) is 0 Å². The van der Waals surface area contributed by atoms with E-state index >= 15 is 0 Å². The molecule has 0 atom stereocenters. The SMILES string of the molecule is O=C1CCCCN1CC1CCN(C(=O)c2ccc(C(F)(F)F)cc2)CC1. The fourth-order valence-corrected chi connectivity index (χ4v) is 3.67. The zero-order valence-electron chi connectivity index (χ0n) is 14.6. The summed E-state index contributed by atoms with van der Waals surface area (Å²) in [6, 6.07) is 4.37. The molecule has 0 unspecified atom stereocenters. The number of carbonyl (C=O) groups excluding carboxylic acids is 2. The molecule has 26 heavy (non-hydrogen) atoms. The average molecular weight is 368 g/mol. The van der Waals surface area contributed by atoms with Crippen molar-refractivity contribution in [2.75, 3.05) is 26.2 Å². The van der Waals surface area contributed by atoms with Gasteiger partial charge >= 0.3 is 6.18 Å². The molecule has 1 aromatic rings. The molecular formula is C19H23F3N2O2. The Labute approximate surface area is 151 Å². The maximum absolute atomic E-state index is 12.6. The lowest BCUT2D eigenvalue weighted by Crippen LogP contribution is -2.44. The lowest BCUT2D eigenvalue weighted by atomic mass is 9.94. The summed E-state index contributed by atoms with van der Waals surface area (Å²) >= 11 is 0. The van der Waals surface area contributed by atoms with Crippen molar-refractivity contribution in [3.8, 4) is 0 Å². The zero-order valence-corrected chi connectivity index (χ0v) is 14.6. The first-order valence-electron chi connectivity index (χ1n) is 9.09. The summed E-state index contributed by atoms with van der Waals surface area (Å²) in [5.41, 5.74) is -0.471. The van der Waals surface area contributed by atoms with Crippen LogP contribution in [0.2, 0.25) is 0 Å². The molecule has 7 heteroatoms. The van der Waals surface area contributed by atoms with E-state index in [0.29, 0.717) is 25.4 Å². The van der Waals surface area contributed by atoms with Crippen LogP contribution in [0.3, 0.4) is 0 Å². The van der Waals surface area contributed by atoms with Crippen LogP contribution >= 0.6 is 0 Å². The molecule has 3 rings (SSSR count). The molecule has 142 valence electrons. The minimum absolute atomic E-state index is 0.222. The first-order chi connectivity index (χ1) is 12.3. The van der Waals surface area contributed by atoms with Gasteiger partial charge in [-0.25, -0.2) is 0 Å². The predicted octanol–water partition coefficient (Wildman–Crippen LogP) is 3.57. The highest BCUT2D eigenvalue weighted by Gasteiger charge is 2.31. The van der Waals surface area contributed by atoms with Gasteiger partial charge in [0.1, 0.15) is 0 Å². The number of piperidine rings is 2. The second-order valence-corrected chi connectivity index (χ2v) is 7.11. The van der Waals surface area contributed by atoms with Gasteiger partial charge in [-0.15, -0.1) is 0 Å². The van der Waals surface area contributed by atoms with Gasteiger partial charge in [0.15, 0.2) is 0 Å². The standard InChI is InChI=1S/C19H23F3N2O2/c20-19(21,22)16-6-4-15(5-7-16)18(26)23-11-8-14(9-12-23)13-24-10-2-1-3-17(24)25/h4-7,14H,1-3,8-13H2. The molecule has 0 saturated carbocycles. The van der Waals surface area contributed by atoms with Gasteiger partial charge in [0, 0.05) is 38.2 Å². The van der Waals surface area contributed by atoms with E-state index in [1.807, 2.05) is 4.90 Å². The van der Waals surface area contributed by atoms with E-state index in [2.05, 4.69) is 0 Å². The quantitative estimate of drug-likeness (QED) is 0.818. The summed E-state index contributed by atoms with van der Waals surface area (Å²) < 4.78 is 37.8. The summed E-state index contributed by atoms with van der Waals surface area (Å²) in [6.45, 7) is 2.73. The van der Waals surface area contributed by atoms with Gasteiger partial charge in [0.05, 0.1) is 5.56 Å². The summed E-state index contributed by atoms with van der Waals surface area (Å²) in [7, 11) is 0. The molecule has 2 amide bonds.